The molecular formula is C8H5O. The summed E-state index contributed by atoms with van der Waals surface area (Å²) in [5.41, 5.74) is 0.593. The van der Waals surface area contributed by atoms with Crippen LogP contribution in [0, 0.1) is 12.3 Å². The Labute approximate surface area is 54.0 Å². The van der Waals surface area contributed by atoms with E-state index in [2.05, 4.69) is 5.92 Å². The zero-order valence-corrected chi connectivity index (χ0v) is 4.76. The van der Waals surface area contributed by atoms with Gasteiger partial charge in [0.1, 0.15) is 5.75 Å². The molecule has 1 radical (unpaired) electrons. The lowest BCUT2D eigenvalue weighted by molar-refractivity contribution is 0.475. The SMILES string of the molecule is [C]#Cc1cccc(O)c1. The molecule has 1 nitrogen and oxygen atoms in total. The maximum atomic E-state index is 8.82. The molecule has 1 heteroatoms. The minimum absolute atomic E-state index is 0.173. The topological polar surface area (TPSA) is 20.2 Å². The number of benzene rings is 1. The van der Waals surface area contributed by atoms with E-state index in [4.69, 9.17) is 11.5 Å². The average molecular weight is 117 g/mol. The normalized spacial score (nSPS) is 8.33. The van der Waals surface area contributed by atoms with Crippen LogP contribution in [0.15, 0.2) is 24.3 Å². The van der Waals surface area contributed by atoms with E-state index in [0.29, 0.717) is 5.56 Å². The minimum atomic E-state index is 0.173. The third-order valence-electron chi connectivity index (χ3n) is 0.990. The zero-order valence-electron chi connectivity index (χ0n) is 4.76. The molecule has 0 unspecified atom stereocenters. The van der Waals surface area contributed by atoms with E-state index in [9.17, 15) is 0 Å². The predicted octanol–water partition coefficient (Wildman–Crippen LogP) is 1.33. The van der Waals surface area contributed by atoms with E-state index in [1.807, 2.05) is 0 Å². The summed E-state index contributed by atoms with van der Waals surface area (Å²) in [5.74, 6) is 2.33. The Morgan fingerprint density at radius 1 is 1.44 bits per heavy atom. The molecule has 0 bridgehead atoms. The maximum absolute atomic E-state index is 8.82. The second-order valence-electron chi connectivity index (χ2n) is 1.68. The first kappa shape index (κ1) is 5.71. The number of hydrogen-bond acceptors (Lipinski definition) is 1. The third kappa shape index (κ3) is 1.23. The first-order valence-corrected chi connectivity index (χ1v) is 2.54. The maximum Gasteiger partial charge on any atom is 0.116 e. The van der Waals surface area contributed by atoms with Crippen LogP contribution < -0.4 is 0 Å². The Kier molecular flexibility index (Phi) is 1.42. The van der Waals surface area contributed by atoms with Crippen LogP contribution in [0.3, 0.4) is 0 Å². The van der Waals surface area contributed by atoms with Crippen molar-refractivity contribution in [2.45, 2.75) is 0 Å². The summed E-state index contributed by atoms with van der Waals surface area (Å²) in [7, 11) is 0. The number of rotatable bonds is 0. The van der Waals surface area contributed by atoms with Crippen LogP contribution in [0.4, 0.5) is 0 Å². The molecule has 1 aromatic carbocycles. The van der Waals surface area contributed by atoms with E-state index in [1.54, 1.807) is 18.2 Å². The quantitative estimate of drug-likeness (QED) is 0.508. The van der Waals surface area contributed by atoms with Gasteiger partial charge >= 0.3 is 0 Å². The highest BCUT2D eigenvalue weighted by Crippen LogP contribution is 2.08. The van der Waals surface area contributed by atoms with Crippen molar-refractivity contribution in [1.29, 1.82) is 0 Å². The van der Waals surface area contributed by atoms with E-state index < -0.39 is 0 Å². The highest BCUT2D eigenvalue weighted by atomic mass is 16.3. The lowest BCUT2D eigenvalue weighted by Crippen LogP contribution is -1.69. The van der Waals surface area contributed by atoms with Crippen LogP contribution in [0.2, 0.25) is 0 Å². The van der Waals surface area contributed by atoms with Gasteiger partial charge in [0, 0.05) is 5.56 Å². The van der Waals surface area contributed by atoms with Crippen LogP contribution >= 0.6 is 0 Å². The second kappa shape index (κ2) is 2.23. The van der Waals surface area contributed by atoms with Crippen molar-refractivity contribution in [3.63, 3.8) is 0 Å². The summed E-state index contributed by atoms with van der Waals surface area (Å²) < 4.78 is 0. The lowest BCUT2D eigenvalue weighted by Gasteiger charge is -1.89. The molecule has 0 aliphatic carbocycles. The number of phenols is 1. The van der Waals surface area contributed by atoms with Gasteiger partial charge in [0.15, 0.2) is 0 Å². The van der Waals surface area contributed by atoms with Gasteiger partial charge in [-0.2, -0.15) is 0 Å². The van der Waals surface area contributed by atoms with Gasteiger partial charge in [0.05, 0.1) is 0 Å². The van der Waals surface area contributed by atoms with Crippen LogP contribution in [-0.2, 0) is 0 Å². The molecule has 0 aliphatic rings. The Hall–Kier alpha value is -1.42. The van der Waals surface area contributed by atoms with E-state index in [1.165, 1.54) is 6.07 Å². The highest BCUT2D eigenvalue weighted by molar-refractivity contribution is 5.36. The smallest absolute Gasteiger partial charge is 0.116 e. The van der Waals surface area contributed by atoms with Crippen molar-refractivity contribution in [3.05, 3.63) is 36.3 Å². The molecule has 0 aliphatic heterocycles. The number of phenolic OH excluding ortho intramolecular Hbond substituents is 1. The van der Waals surface area contributed by atoms with Gasteiger partial charge in [-0.3, -0.25) is 0 Å². The fourth-order valence-electron chi connectivity index (χ4n) is 0.584. The van der Waals surface area contributed by atoms with Crippen molar-refractivity contribution in [1.82, 2.24) is 0 Å². The highest BCUT2D eigenvalue weighted by Gasteiger charge is 1.86. The Morgan fingerprint density at radius 3 is 2.67 bits per heavy atom. The molecule has 43 valence electrons. The molecule has 1 aromatic rings. The minimum Gasteiger partial charge on any atom is -0.508 e. The monoisotopic (exact) mass is 117 g/mol. The summed E-state index contributed by atoms with van der Waals surface area (Å²) in [5, 5.41) is 8.82. The molecule has 0 amide bonds. The molecule has 0 saturated carbocycles. The van der Waals surface area contributed by atoms with Gasteiger partial charge in [-0.05, 0) is 24.6 Å². The van der Waals surface area contributed by atoms with E-state index in [-0.39, 0.29) is 5.75 Å². The second-order valence-corrected chi connectivity index (χ2v) is 1.68. The molecule has 1 rings (SSSR count). The van der Waals surface area contributed by atoms with Crippen LogP contribution in [0.5, 0.6) is 5.75 Å². The van der Waals surface area contributed by atoms with Gasteiger partial charge in [0.25, 0.3) is 0 Å². The summed E-state index contributed by atoms with van der Waals surface area (Å²) in [6.45, 7) is 0. The van der Waals surface area contributed by atoms with Gasteiger partial charge in [-0.25, -0.2) is 0 Å². The molecule has 0 heterocycles. The Morgan fingerprint density at radius 2 is 2.22 bits per heavy atom. The van der Waals surface area contributed by atoms with E-state index in [0.717, 1.165) is 0 Å². The number of hydrogen-bond donors (Lipinski definition) is 1. The molecule has 0 saturated heterocycles. The van der Waals surface area contributed by atoms with Gasteiger partial charge in [-0.15, -0.1) is 0 Å². The van der Waals surface area contributed by atoms with Gasteiger partial charge < -0.3 is 5.11 Å². The third-order valence-corrected chi connectivity index (χ3v) is 0.990. The zero-order chi connectivity index (χ0) is 6.69. The summed E-state index contributed by atoms with van der Waals surface area (Å²) in [6.07, 6.45) is 6.68. The fraction of sp³-hybridized carbons (Fsp3) is 0. The molecule has 0 spiro atoms. The molecule has 0 fully saturated rings. The van der Waals surface area contributed by atoms with Crippen molar-refractivity contribution in [2.24, 2.45) is 0 Å². The predicted molar refractivity (Wildman–Crippen MR) is 34.3 cm³/mol. The average Bonchev–Trinajstić information content (AvgIpc) is 1.88. The molecule has 0 aromatic heterocycles. The molecule has 1 N–H and O–H groups in total. The summed E-state index contributed by atoms with van der Waals surface area (Å²) >= 11 is 0. The van der Waals surface area contributed by atoms with Crippen LogP contribution in [0.1, 0.15) is 5.56 Å². The first-order valence-electron chi connectivity index (χ1n) is 2.54. The van der Waals surface area contributed by atoms with Gasteiger partial charge in [0.2, 0.25) is 0 Å². The van der Waals surface area contributed by atoms with Crippen molar-refractivity contribution >= 4 is 0 Å². The fourth-order valence-corrected chi connectivity index (χ4v) is 0.584. The molecule has 9 heavy (non-hydrogen) atoms. The number of aromatic hydroxyl groups is 1. The van der Waals surface area contributed by atoms with Crippen molar-refractivity contribution < 1.29 is 5.11 Å². The lowest BCUT2D eigenvalue weighted by atomic mass is 10.2. The summed E-state index contributed by atoms with van der Waals surface area (Å²) in [6, 6.07) is 6.41. The van der Waals surface area contributed by atoms with Crippen LogP contribution in [-0.4, -0.2) is 5.11 Å². The largest absolute Gasteiger partial charge is 0.508 e. The Bertz CT molecular complexity index is 245. The Balaban J connectivity index is 3.12. The van der Waals surface area contributed by atoms with Crippen molar-refractivity contribution in [3.8, 4) is 11.7 Å². The summed E-state index contributed by atoms with van der Waals surface area (Å²) in [4.78, 5) is 0. The molecular weight excluding hydrogens is 112 g/mol. The van der Waals surface area contributed by atoms with E-state index >= 15 is 0 Å². The standard InChI is InChI=1S/C8H5O/c1-2-7-4-3-5-8(9)6-7/h3-6,9H. The molecule has 0 atom stereocenters. The van der Waals surface area contributed by atoms with Gasteiger partial charge in [-0.1, -0.05) is 12.0 Å². The van der Waals surface area contributed by atoms with Crippen LogP contribution in [0.25, 0.3) is 0 Å². The first-order chi connectivity index (χ1) is 4.33. The van der Waals surface area contributed by atoms with Crippen molar-refractivity contribution in [2.75, 3.05) is 0 Å².